The molecule has 1 fully saturated rings. The molecule has 20 heavy (non-hydrogen) atoms. The van der Waals surface area contributed by atoms with Crippen molar-refractivity contribution in [2.75, 3.05) is 39.8 Å². The standard InChI is InChI=1S/C16H28N2OSi/c1-17-11-13-18(14-12-17)10-7-15-20(2,3)19-16-8-5-4-6-9-16/h4-6,8-9H,7,10-15H2,1-3H3. The highest BCUT2D eigenvalue weighted by Crippen LogP contribution is 2.20. The molecule has 0 radical (unpaired) electrons. The maximum atomic E-state index is 6.22. The van der Waals surface area contributed by atoms with Gasteiger partial charge in [0.2, 0.25) is 8.32 Å². The van der Waals surface area contributed by atoms with Gasteiger partial charge in [-0.3, -0.25) is 0 Å². The van der Waals surface area contributed by atoms with Crippen molar-refractivity contribution in [3.63, 3.8) is 0 Å². The third-order valence-electron chi connectivity index (χ3n) is 3.99. The number of piperazine rings is 1. The van der Waals surface area contributed by atoms with Crippen LogP contribution < -0.4 is 4.43 Å². The summed E-state index contributed by atoms with van der Waals surface area (Å²) in [5, 5.41) is 0. The second kappa shape index (κ2) is 7.25. The third kappa shape index (κ3) is 5.27. The van der Waals surface area contributed by atoms with Crippen molar-refractivity contribution >= 4 is 8.32 Å². The van der Waals surface area contributed by atoms with Crippen LogP contribution in [0.3, 0.4) is 0 Å². The van der Waals surface area contributed by atoms with Crippen LogP contribution in [0.4, 0.5) is 0 Å². The van der Waals surface area contributed by atoms with Crippen LogP contribution in [0, 0.1) is 0 Å². The molecule has 0 N–H and O–H groups in total. The average Bonchev–Trinajstić information content (AvgIpc) is 2.41. The summed E-state index contributed by atoms with van der Waals surface area (Å²) in [5.74, 6) is 1.03. The van der Waals surface area contributed by atoms with Crippen LogP contribution in [-0.2, 0) is 0 Å². The summed E-state index contributed by atoms with van der Waals surface area (Å²) >= 11 is 0. The zero-order chi connectivity index (χ0) is 14.4. The molecule has 4 heteroatoms. The molecule has 1 aliphatic rings. The molecule has 0 atom stereocenters. The fourth-order valence-electron chi connectivity index (χ4n) is 2.66. The van der Waals surface area contributed by atoms with E-state index in [4.69, 9.17) is 4.43 Å². The van der Waals surface area contributed by atoms with Crippen LogP contribution in [0.25, 0.3) is 0 Å². The molecule has 0 aliphatic carbocycles. The number of likely N-dealkylation sites (N-methyl/N-ethyl adjacent to an activating group) is 1. The Hall–Kier alpha value is -0.843. The number of para-hydroxylation sites is 1. The topological polar surface area (TPSA) is 15.7 Å². The van der Waals surface area contributed by atoms with Gasteiger partial charge in [0.1, 0.15) is 5.75 Å². The molecule has 0 unspecified atom stereocenters. The van der Waals surface area contributed by atoms with Gasteiger partial charge in [-0.05, 0) is 51.3 Å². The van der Waals surface area contributed by atoms with E-state index in [1.165, 1.54) is 45.2 Å². The summed E-state index contributed by atoms with van der Waals surface area (Å²) in [7, 11) is 0.630. The minimum atomic E-state index is -1.58. The van der Waals surface area contributed by atoms with Crippen molar-refractivity contribution in [1.82, 2.24) is 9.80 Å². The van der Waals surface area contributed by atoms with Gasteiger partial charge < -0.3 is 14.2 Å². The van der Waals surface area contributed by atoms with Crippen LogP contribution >= 0.6 is 0 Å². The highest BCUT2D eigenvalue weighted by Gasteiger charge is 2.24. The molecular weight excluding hydrogens is 264 g/mol. The Bertz CT molecular complexity index is 389. The highest BCUT2D eigenvalue weighted by atomic mass is 28.4. The average molecular weight is 292 g/mol. The van der Waals surface area contributed by atoms with Gasteiger partial charge in [0.15, 0.2) is 0 Å². The molecule has 3 nitrogen and oxygen atoms in total. The Kier molecular flexibility index (Phi) is 5.63. The largest absolute Gasteiger partial charge is 0.544 e. The van der Waals surface area contributed by atoms with E-state index in [9.17, 15) is 0 Å². The number of nitrogens with zero attached hydrogens (tertiary/aromatic N) is 2. The molecule has 1 aromatic carbocycles. The summed E-state index contributed by atoms with van der Waals surface area (Å²) in [5.41, 5.74) is 0. The van der Waals surface area contributed by atoms with Crippen LogP contribution in [0.1, 0.15) is 6.42 Å². The number of hydrogen-bond donors (Lipinski definition) is 0. The second-order valence-corrected chi connectivity index (χ2v) is 10.6. The van der Waals surface area contributed by atoms with E-state index in [0.717, 1.165) is 5.75 Å². The molecule has 1 saturated heterocycles. The van der Waals surface area contributed by atoms with Gasteiger partial charge in [-0.1, -0.05) is 18.2 Å². The lowest BCUT2D eigenvalue weighted by molar-refractivity contribution is 0.154. The van der Waals surface area contributed by atoms with E-state index < -0.39 is 8.32 Å². The van der Waals surface area contributed by atoms with E-state index in [1.54, 1.807) is 0 Å². The Labute approximate surface area is 124 Å². The van der Waals surface area contributed by atoms with Crippen molar-refractivity contribution in [1.29, 1.82) is 0 Å². The quantitative estimate of drug-likeness (QED) is 0.750. The third-order valence-corrected chi connectivity index (χ3v) is 6.33. The molecule has 0 spiro atoms. The molecule has 0 amide bonds. The lowest BCUT2D eigenvalue weighted by atomic mass is 10.3. The lowest BCUT2D eigenvalue weighted by Gasteiger charge is -2.33. The molecule has 112 valence electrons. The van der Waals surface area contributed by atoms with Crippen LogP contribution in [0.2, 0.25) is 19.1 Å². The lowest BCUT2D eigenvalue weighted by Crippen LogP contribution is -2.45. The fraction of sp³-hybridized carbons (Fsp3) is 0.625. The summed E-state index contributed by atoms with van der Waals surface area (Å²) < 4.78 is 6.22. The molecule has 1 aliphatic heterocycles. The number of hydrogen-bond acceptors (Lipinski definition) is 3. The zero-order valence-corrected chi connectivity index (χ0v) is 14.1. The Morgan fingerprint density at radius 1 is 1.05 bits per heavy atom. The first-order valence-corrected chi connectivity index (χ1v) is 10.8. The summed E-state index contributed by atoms with van der Waals surface area (Å²) in [6.45, 7) is 10.7. The van der Waals surface area contributed by atoms with E-state index in [2.05, 4.69) is 42.1 Å². The predicted molar refractivity (Wildman–Crippen MR) is 87.9 cm³/mol. The molecule has 2 rings (SSSR count). The first kappa shape index (κ1) is 15.5. The first-order valence-electron chi connectivity index (χ1n) is 7.70. The van der Waals surface area contributed by atoms with Gasteiger partial charge >= 0.3 is 0 Å². The van der Waals surface area contributed by atoms with Gasteiger partial charge in [0, 0.05) is 26.2 Å². The van der Waals surface area contributed by atoms with Crippen molar-refractivity contribution in [2.45, 2.75) is 25.6 Å². The summed E-state index contributed by atoms with van der Waals surface area (Å²) in [6, 6.07) is 11.5. The maximum Gasteiger partial charge on any atom is 0.245 e. The molecule has 1 heterocycles. The molecule has 0 aromatic heterocycles. The van der Waals surface area contributed by atoms with E-state index >= 15 is 0 Å². The summed E-state index contributed by atoms with van der Waals surface area (Å²) in [4.78, 5) is 5.00. The van der Waals surface area contributed by atoms with Crippen LogP contribution in [0.15, 0.2) is 30.3 Å². The Morgan fingerprint density at radius 3 is 2.35 bits per heavy atom. The minimum absolute atomic E-state index is 1.03. The smallest absolute Gasteiger partial charge is 0.245 e. The second-order valence-electron chi connectivity index (χ2n) is 6.42. The molecule has 0 bridgehead atoms. The van der Waals surface area contributed by atoms with Crippen molar-refractivity contribution in [2.24, 2.45) is 0 Å². The van der Waals surface area contributed by atoms with E-state index in [-0.39, 0.29) is 0 Å². The SMILES string of the molecule is CN1CCN(CCC[Si](C)(C)Oc2ccccc2)CC1. The maximum absolute atomic E-state index is 6.22. The Balaban J connectivity index is 1.69. The monoisotopic (exact) mass is 292 g/mol. The van der Waals surface area contributed by atoms with E-state index in [0.29, 0.717) is 0 Å². The van der Waals surface area contributed by atoms with Crippen molar-refractivity contribution < 1.29 is 4.43 Å². The minimum Gasteiger partial charge on any atom is -0.544 e. The van der Waals surface area contributed by atoms with Gasteiger partial charge in [-0.15, -0.1) is 0 Å². The number of benzene rings is 1. The molecule has 1 aromatic rings. The Morgan fingerprint density at radius 2 is 1.70 bits per heavy atom. The van der Waals surface area contributed by atoms with Gasteiger partial charge in [0.05, 0.1) is 0 Å². The number of rotatable bonds is 6. The van der Waals surface area contributed by atoms with Crippen LogP contribution in [-0.4, -0.2) is 57.9 Å². The fourth-order valence-corrected chi connectivity index (χ4v) is 4.54. The normalized spacial score (nSPS) is 18.1. The molecular formula is C16H28N2OSi. The van der Waals surface area contributed by atoms with Gasteiger partial charge in [-0.25, -0.2) is 0 Å². The van der Waals surface area contributed by atoms with Crippen molar-refractivity contribution in [3.8, 4) is 5.75 Å². The molecule has 0 saturated carbocycles. The van der Waals surface area contributed by atoms with Crippen molar-refractivity contribution in [3.05, 3.63) is 30.3 Å². The predicted octanol–water partition coefficient (Wildman–Crippen LogP) is 2.91. The van der Waals surface area contributed by atoms with Gasteiger partial charge in [-0.2, -0.15) is 0 Å². The van der Waals surface area contributed by atoms with E-state index in [1.807, 2.05) is 18.2 Å². The summed E-state index contributed by atoms with van der Waals surface area (Å²) in [6.07, 6.45) is 1.26. The van der Waals surface area contributed by atoms with Crippen LogP contribution in [0.5, 0.6) is 5.75 Å². The van der Waals surface area contributed by atoms with Gasteiger partial charge in [0.25, 0.3) is 0 Å². The first-order chi connectivity index (χ1) is 9.55. The highest BCUT2D eigenvalue weighted by molar-refractivity contribution is 6.71. The zero-order valence-electron chi connectivity index (χ0n) is 13.1.